The molecule has 0 saturated carbocycles. The Hall–Kier alpha value is -1.50. The monoisotopic (exact) mass is 241 g/mol. The number of hydrogen-bond acceptors (Lipinski definition) is 1. The van der Waals surface area contributed by atoms with Crippen molar-refractivity contribution in [2.75, 3.05) is 0 Å². The fourth-order valence-electron chi connectivity index (χ4n) is 1.96. The quantitative estimate of drug-likeness (QED) is 0.765. The van der Waals surface area contributed by atoms with Gasteiger partial charge in [-0.15, -0.1) is 0 Å². The third-order valence-corrected chi connectivity index (χ3v) is 2.91. The van der Waals surface area contributed by atoms with Crippen molar-refractivity contribution in [2.24, 2.45) is 0 Å². The van der Waals surface area contributed by atoms with Gasteiger partial charge in [-0.2, -0.15) is 18.4 Å². The Balaban J connectivity index is 3.35. The number of nitriles is 1. The molecule has 0 aliphatic rings. The van der Waals surface area contributed by atoms with Crippen molar-refractivity contribution in [3.8, 4) is 6.07 Å². The van der Waals surface area contributed by atoms with Crippen LogP contribution in [0.15, 0.2) is 18.2 Å². The van der Waals surface area contributed by atoms with Crippen LogP contribution in [0.1, 0.15) is 49.3 Å². The minimum absolute atomic E-state index is 0.0482. The zero-order valence-corrected chi connectivity index (χ0v) is 9.80. The van der Waals surface area contributed by atoms with Gasteiger partial charge in [-0.1, -0.05) is 19.9 Å². The molecule has 0 unspecified atom stereocenters. The third-order valence-electron chi connectivity index (χ3n) is 2.91. The minimum Gasteiger partial charge on any atom is -0.192 e. The third kappa shape index (κ3) is 3.00. The number of hydrogen-bond donors (Lipinski definition) is 0. The van der Waals surface area contributed by atoms with Gasteiger partial charge in [0.25, 0.3) is 0 Å². The van der Waals surface area contributed by atoms with E-state index in [4.69, 9.17) is 5.26 Å². The minimum atomic E-state index is -4.40. The molecule has 0 N–H and O–H groups in total. The second kappa shape index (κ2) is 5.22. The summed E-state index contributed by atoms with van der Waals surface area (Å²) in [5.41, 5.74) is -0.334. The standard InChI is InChI=1S/C13H14F3N/c1-3-10(4-2)11-6-5-9(8-17)7-12(11)13(14,15)16/h5-7,10H,3-4H2,1-2H3. The Kier molecular flexibility index (Phi) is 4.17. The molecule has 1 aromatic rings. The molecule has 0 saturated heterocycles. The van der Waals surface area contributed by atoms with E-state index in [0.29, 0.717) is 18.4 Å². The molecule has 92 valence electrons. The summed E-state index contributed by atoms with van der Waals surface area (Å²) in [7, 11) is 0. The summed E-state index contributed by atoms with van der Waals surface area (Å²) in [6, 6.07) is 5.56. The lowest BCUT2D eigenvalue weighted by Gasteiger charge is -2.19. The average Bonchev–Trinajstić information content (AvgIpc) is 2.29. The number of nitrogens with zero attached hydrogens (tertiary/aromatic N) is 1. The maximum atomic E-state index is 12.9. The van der Waals surface area contributed by atoms with E-state index in [9.17, 15) is 13.2 Å². The number of rotatable bonds is 3. The molecular formula is C13H14F3N. The van der Waals surface area contributed by atoms with Crippen molar-refractivity contribution in [1.29, 1.82) is 5.26 Å². The summed E-state index contributed by atoms with van der Waals surface area (Å²) < 4.78 is 38.7. The Morgan fingerprint density at radius 2 is 1.82 bits per heavy atom. The van der Waals surface area contributed by atoms with Gasteiger partial charge in [-0.05, 0) is 36.5 Å². The molecule has 1 nitrogen and oxygen atoms in total. The topological polar surface area (TPSA) is 23.8 Å². The van der Waals surface area contributed by atoms with Crippen LogP contribution in [0.3, 0.4) is 0 Å². The Morgan fingerprint density at radius 3 is 2.24 bits per heavy atom. The lowest BCUT2D eigenvalue weighted by atomic mass is 9.89. The van der Waals surface area contributed by atoms with Crippen molar-refractivity contribution in [2.45, 2.75) is 38.8 Å². The van der Waals surface area contributed by atoms with E-state index in [1.54, 1.807) is 6.07 Å². The summed E-state index contributed by atoms with van der Waals surface area (Å²) in [4.78, 5) is 0. The van der Waals surface area contributed by atoms with Crippen LogP contribution in [0.25, 0.3) is 0 Å². The van der Waals surface area contributed by atoms with Gasteiger partial charge in [-0.25, -0.2) is 0 Å². The predicted molar refractivity (Wildman–Crippen MR) is 59.5 cm³/mol. The van der Waals surface area contributed by atoms with Crippen molar-refractivity contribution in [3.63, 3.8) is 0 Å². The van der Waals surface area contributed by atoms with E-state index in [2.05, 4.69) is 0 Å². The van der Waals surface area contributed by atoms with E-state index >= 15 is 0 Å². The Morgan fingerprint density at radius 1 is 1.24 bits per heavy atom. The number of benzene rings is 1. The molecule has 1 rings (SSSR count). The van der Waals surface area contributed by atoms with Crippen LogP contribution >= 0.6 is 0 Å². The largest absolute Gasteiger partial charge is 0.416 e. The maximum Gasteiger partial charge on any atom is 0.416 e. The van der Waals surface area contributed by atoms with Crippen molar-refractivity contribution in [1.82, 2.24) is 0 Å². The zero-order valence-electron chi connectivity index (χ0n) is 9.80. The molecule has 0 atom stereocenters. The highest BCUT2D eigenvalue weighted by Crippen LogP contribution is 2.37. The van der Waals surface area contributed by atoms with Gasteiger partial charge >= 0.3 is 6.18 Å². The Bertz CT molecular complexity index is 425. The molecule has 17 heavy (non-hydrogen) atoms. The molecule has 0 radical (unpaired) electrons. The summed E-state index contributed by atoms with van der Waals surface area (Å²) in [6.45, 7) is 3.74. The molecule has 0 aliphatic carbocycles. The molecule has 0 spiro atoms. The van der Waals surface area contributed by atoms with Gasteiger partial charge in [0.05, 0.1) is 17.2 Å². The van der Waals surface area contributed by atoms with Gasteiger partial charge in [0.15, 0.2) is 0 Å². The normalized spacial score (nSPS) is 11.6. The first-order valence-electron chi connectivity index (χ1n) is 5.55. The molecule has 0 fully saturated rings. The fraction of sp³-hybridized carbons (Fsp3) is 0.462. The van der Waals surface area contributed by atoms with Crippen molar-refractivity contribution < 1.29 is 13.2 Å². The first-order valence-corrected chi connectivity index (χ1v) is 5.55. The van der Waals surface area contributed by atoms with E-state index in [1.165, 1.54) is 12.1 Å². The van der Waals surface area contributed by atoms with Crippen LogP contribution in [0.2, 0.25) is 0 Å². The Labute approximate surface area is 98.9 Å². The van der Waals surface area contributed by atoms with E-state index in [0.717, 1.165) is 6.07 Å². The zero-order chi connectivity index (χ0) is 13.1. The molecule has 4 heteroatoms. The highest BCUT2D eigenvalue weighted by molar-refractivity contribution is 5.41. The maximum absolute atomic E-state index is 12.9. The SMILES string of the molecule is CCC(CC)c1ccc(C#N)cc1C(F)(F)F. The van der Waals surface area contributed by atoms with E-state index in [1.807, 2.05) is 13.8 Å². The van der Waals surface area contributed by atoms with E-state index in [-0.39, 0.29) is 11.5 Å². The van der Waals surface area contributed by atoms with Gasteiger partial charge in [0.1, 0.15) is 0 Å². The molecule has 0 bridgehead atoms. The van der Waals surface area contributed by atoms with Crippen LogP contribution in [-0.2, 0) is 6.18 Å². The van der Waals surface area contributed by atoms with Crippen LogP contribution in [-0.4, -0.2) is 0 Å². The highest BCUT2D eigenvalue weighted by Gasteiger charge is 2.34. The van der Waals surface area contributed by atoms with Crippen molar-refractivity contribution in [3.05, 3.63) is 34.9 Å². The molecule has 0 amide bonds. The molecule has 0 heterocycles. The predicted octanol–water partition coefficient (Wildman–Crippen LogP) is 4.48. The van der Waals surface area contributed by atoms with Gasteiger partial charge in [-0.3, -0.25) is 0 Å². The summed E-state index contributed by atoms with van der Waals surface area (Å²) >= 11 is 0. The second-order valence-corrected chi connectivity index (χ2v) is 3.93. The molecule has 0 aliphatic heterocycles. The summed E-state index contributed by atoms with van der Waals surface area (Å²) in [6.07, 6.45) is -3.08. The number of alkyl halides is 3. The van der Waals surface area contributed by atoms with Crippen LogP contribution < -0.4 is 0 Å². The number of halogens is 3. The second-order valence-electron chi connectivity index (χ2n) is 3.93. The molecule has 1 aromatic carbocycles. The molecular weight excluding hydrogens is 227 g/mol. The van der Waals surface area contributed by atoms with Gasteiger partial charge in [0.2, 0.25) is 0 Å². The first-order chi connectivity index (χ1) is 7.93. The average molecular weight is 241 g/mol. The molecule has 0 aromatic heterocycles. The summed E-state index contributed by atoms with van der Waals surface area (Å²) in [5.74, 6) is -0.112. The van der Waals surface area contributed by atoms with Crippen molar-refractivity contribution >= 4 is 0 Å². The highest BCUT2D eigenvalue weighted by atomic mass is 19.4. The smallest absolute Gasteiger partial charge is 0.192 e. The van der Waals surface area contributed by atoms with Gasteiger partial charge < -0.3 is 0 Å². The van der Waals surface area contributed by atoms with Crippen LogP contribution in [0.4, 0.5) is 13.2 Å². The lowest BCUT2D eigenvalue weighted by molar-refractivity contribution is -0.138. The van der Waals surface area contributed by atoms with Gasteiger partial charge in [0, 0.05) is 0 Å². The fourth-order valence-corrected chi connectivity index (χ4v) is 1.96. The first kappa shape index (κ1) is 13.6. The van der Waals surface area contributed by atoms with Crippen LogP contribution in [0, 0.1) is 11.3 Å². The summed E-state index contributed by atoms with van der Waals surface area (Å²) in [5, 5.41) is 8.65. The van der Waals surface area contributed by atoms with E-state index < -0.39 is 11.7 Å². The lowest BCUT2D eigenvalue weighted by Crippen LogP contribution is -2.12. The van der Waals surface area contributed by atoms with Crippen LogP contribution in [0.5, 0.6) is 0 Å².